The molecule has 0 N–H and O–H groups in total. The first-order chi connectivity index (χ1) is 7.95. The fourth-order valence-corrected chi connectivity index (χ4v) is 2.04. The van der Waals surface area contributed by atoms with Crippen molar-refractivity contribution in [2.75, 3.05) is 0 Å². The van der Waals surface area contributed by atoms with Crippen molar-refractivity contribution >= 4 is 12.2 Å². The second-order valence-electron chi connectivity index (χ2n) is 5.77. The number of aromatic nitrogens is 1. The normalized spacial score (nSPS) is 12.9. The molecule has 0 aliphatic carbocycles. The highest BCUT2D eigenvalue weighted by Gasteiger charge is 2.13. The summed E-state index contributed by atoms with van der Waals surface area (Å²) < 4.78 is 0. The molecule has 1 atom stereocenters. The van der Waals surface area contributed by atoms with Gasteiger partial charge in [0.2, 0.25) is 0 Å². The summed E-state index contributed by atoms with van der Waals surface area (Å²) in [5.41, 5.74) is 4.06. The number of aryl methyl sites for hydroxylation is 1. The highest BCUT2D eigenvalue weighted by molar-refractivity contribution is 6.72. The number of rotatable bonds is 5. The molecule has 1 unspecified atom stereocenters. The van der Waals surface area contributed by atoms with Crippen molar-refractivity contribution in [2.45, 2.75) is 54.2 Å². The van der Waals surface area contributed by atoms with Crippen LogP contribution in [0.1, 0.15) is 39.0 Å². The van der Waals surface area contributed by atoms with Crippen LogP contribution in [0.2, 0.25) is 13.1 Å². The van der Waals surface area contributed by atoms with Crippen molar-refractivity contribution in [1.82, 2.24) is 4.98 Å². The molecule has 1 rings (SSSR count). The molecule has 0 radical (unpaired) electrons. The van der Waals surface area contributed by atoms with E-state index in [2.05, 4.69) is 58.7 Å². The van der Waals surface area contributed by atoms with Crippen molar-refractivity contribution in [3.63, 3.8) is 0 Å². The number of hydrogen-bond donors (Lipinski definition) is 0. The maximum atomic E-state index is 4.63. The van der Waals surface area contributed by atoms with E-state index in [9.17, 15) is 0 Å². The SMILES string of the molecule is CCB(C)c1cnc(CC(C)C(C)C)cc1C. The summed E-state index contributed by atoms with van der Waals surface area (Å²) in [7, 11) is 0. The molecular weight excluding hydrogens is 205 g/mol. The van der Waals surface area contributed by atoms with Crippen LogP contribution in [0.5, 0.6) is 0 Å². The van der Waals surface area contributed by atoms with Gasteiger partial charge in [-0.1, -0.05) is 51.9 Å². The Morgan fingerprint density at radius 1 is 1.29 bits per heavy atom. The van der Waals surface area contributed by atoms with E-state index in [0.717, 1.165) is 12.3 Å². The molecule has 0 amide bonds. The van der Waals surface area contributed by atoms with Crippen molar-refractivity contribution in [1.29, 1.82) is 0 Å². The molecule has 2 heteroatoms. The molecule has 0 bridgehead atoms. The van der Waals surface area contributed by atoms with E-state index in [4.69, 9.17) is 0 Å². The van der Waals surface area contributed by atoms with Crippen molar-refractivity contribution in [2.24, 2.45) is 11.8 Å². The van der Waals surface area contributed by atoms with Gasteiger partial charge < -0.3 is 0 Å². The van der Waals surface area contributed by atoms with Crippen molar-refractivity contribution in [3.8, 4) is 0 Å². The van der Waals surface area contributed by atoms with Crippen LogP contribution in [-0.4, -0.2) is 11.7 Å². The Kier molecular flexibility index (Phi) is 5.23. The summed E-state index contributed by atoms with van der Waals surface area (Å²) in [6.07, 6.45) is 4.37. The number of hydrogen-bond acceptors (Lipinski definition) is 1. The lowest BCUT2D eigenvalue weighted by Crippen LogP contribution is -2.29. The average molecular weight is 231 g/mol. The van der Waals surface area contributed by atoms with Gasteiger partial charge in [-0.15, -0.1) is 0 Å². The molecule has 0 aromatic carbocycles. The molecule has 0 aliphatic heterocycles. The van der Waals surface area contributed by atoms with Gasteiger partial charge in [0.1, 0.15) is 0 Å². The molecule has 0 spiro atoms. The van der Waals surface area contributed by atoms with E-state index < -0.39 is 0 Å². The lowest BCUT2D eigenvalue weighted by atomic mass is 9.45. The predicted molar refractivity (Wildman–Crippen MR) is 78.4 cm³/mol. The Hall–Kier alpha value is -0.785. The van der Waals surface area contributed by atoms with Crippen LogP contribution in [0.4, 0.5) is 0 Å². The highest BCUT2D eigenvalue weighted by atomic mass is 14.7. The molecule has 17 heavy (non-hydrogen) atoms. The first kappa shape index (κ1) is 14.3. The minimum atomic E-state index is 0.624. The van der Waals surface area contributed by atoms with E-state index in [-0.39, 0.29) is 0 Å². The standard InChI is InChI=1S/C15H26BN/c1-7-16(6)15-10-17-14(9-13(15)5)8-12(4)11(2)3/h9-12H,7-8H2,1-6H3. The zero-order valence-electron chi connectivity index (χ0n) is 12.2. The molecule has 0 saturated heterocycles. The van der Waals surface area contributed by atoms with Crippen LogP contribution in [0.15, 0.2) is 12.3 Å². The van der Waals surface area contributed by atoms with Gasteiger partial charge in [-0.2, -0.15) is 0 Å². The molecular formula is C15H26BN. The fraction of sp³-hybridized carbons (Fsp3) is 0.667. The summed E-state index contributed by atoms with van der Waals surface area (Å²) in [6, 6.07) is 2.28. The van der Waals surface area contributed by atoms with E-state index in [1.165, 1.54) is 23.0 Å². The number of pyridine rings is 1. The third kappa shape index (κ3) is 3.87. The Balaban J connectivity index is 2.82. The van der Waals surface area contributed by atoms with Gasteiger partial charge in [-0.05, 0) is 31.2 Å². The predicted octanol–water partition coefficient (Wildman–Crippen LogP) is 3.58. The molecule has 0 saturated carbocycles. The molecule has 1 heterocycles. The fourth-order valence-electron chi connectivity index (χ4n) is 2.04. The monoisotopic (exact) mass is 231 g/mol. The van der Waals surface area contributed by atoms with E-state index in [1.54, 1.807) is 0 Å². The molecule has 94 valence electrons. The Morgan fingerprint density at radius 2 is 1.94 bits per heavy atom. The Bertz CT molecular complexity index is 360. The lowest BCUT2D eigenvalue weighted by Gasteiger charge is -2.16. The van der Waals surface area contributed by atoms with Gasteiger partial charge in [0.05, 0.1) is 0 Å². The van der Waals surface area contributed by atoms with Crippen LogP contribution in [0.3, 0.4) is 0 Å². The van der Waals surface area contributed by atoms with Gasteiger partial charge in [0.15, 0.2) is 6.71 Å². The van der Waals surface area contributed by atoms with Crippen LogP contribution in [-0.2, 0) is 6.42 Å². The zero-order chi connectivity index (χ0) is 13.0. The maximum absolute atomic E-state index is 4.63. The van der Waals surface area contributed by atoms with Crippen LogP contribution in [0, 0.1) is 18.8 Å². The van der Waals surface area contributed by atoms with Gasteiger partial charge in [-0.25, -0.2) is 0 Å². The second kappa shape index (κ2) is 6.23. The van der Waals surface area contributed by atoms with E-state index in [0.29, 0.717) is 12.6 Å². The topological polar surface area (TPSA) is 12.9 Å². The zero-order valence-corrected chi connectivity index (χ0v) is 12.2. The first-order valence-corrected chi connectivity index (χ1v) is 6.91. The van der Waals surface area contributed by atoms with Crippen LogP contribution < -0.4 is 5.46 Å². The van der Waals surface area contributed by atoms with Gasteiger partial charge in [0.25, 0.3) is 0 Å². The van der Waals surface area contributed by atoms with Crippen molar-refractivity contribution in [3.05, 3.63) is 23.5 Å². The van der Waals surface area contributed by atoms with Gasteiger partial charge >= 0.3 is 0 Å². The summed E-state index contributed by atoms with van der Waals surface area (Å²) in [4.78, 5) is 4.63. The molecule has 0 aliphatic rings. The van der Waals surface area contributed by atoms with Gasteiger partial charge in [-0.3, -0.25) is 4.98 Å². The van der Waals surface area contributed by atoms with E-state index in [1.807, 2.05) is 0 Å². The Morgan fingerprint density at radius 3 is 2.41 bits per heavy atom. The van der Waals surface area contributed by atoms with Crippen LogP contribution >= 0.6 is 0 Å². The minimum absolute atomic E-state index is 0.624. The Labute approximate surface area is 107 Å². The average Bonchev–Trinajstić information content (AvgIpc) is 2.28. The maximum Gasteiger partial charge on any atom is 0.174 e. The highest BCUT2D eigenvalue weighted by Crippen LogP contribution is 2.15. The lowest BCUT2D eigenvalue weighted by molar-refractivity contribution is 0.413. The smallest absolute Gasteiger partial charge is 0.174 e. The quantitative estimate of drug-likeness (QED) is 0.706. The summed E-state index contributed by atoms with van der Waals surface area (Å²) >= 11 is 0. The van der Waals surface area contributed by atoms with Crippen molar-refractivity contribution < 1.29 is 0 Å². The van der Waals surface area contributed by atoms with Gasteiger partial charge in [0, 0.05) is 11.9 Å². The van der Waals surface area contributed by atoms with E-state index >= 15 is 0 Å². The molecule has 1 aromatic heterocycles. The summed E-state index contributed by atoms with van der Waals surface area (Å²) in [5.74, 6) is 1.43. The minimum Gasteiger partial charge on any atom is -0.262 e. The number of nitrogens with zero attached hydrogens (tertiary/aromatic N) is 1. The van der Waals surface area contributed by atoms with Crippen LogP contribution in [0.25, 0.3) is 0 Å². The third-order valence-corrected chi connectivity index (χ3v) is 4.02. The largest absolute Gasteiger partial charge is 0.262 e. The third-order valence-electron chi connectivity index (χ3n) is 4.02. The first-order valence-electron chi connectivity index (χ1n) is 6.91. The summed E-state index contributed by atoms with van der Waals surface area (Å²) in [5, 5.41) is 0. The molecule has 1 aromatic rings. The summed E-state index contributed by atoms with van der Waals surface area (Å²) in [6.45, 7) is 14.2. The molecule has 1 nitrogen and oxygen atoms in total. The molecule has 0 fully saturated rings. The second-order valence-corrected chi connectivity index (χ2v) is 5.77.